The molecule has 5 nitrogen and oxygen atoms in total. The van der Waals surface area contributed by atoms with Crippen LogP contribution in [0.4, 0.5) is 5.69 Å². The summed E-state index contributed by atoms with van der Waals surface area (Å²) < 4.78 is 11.1. The first-order chi connectivity index (χ1) is 14.3. The second kappa shape index (κ2) is 6.63. The van der Waals surface area contributed by atoms with Crippen molar-refractivity contribution in [1.82, 2.24) is 4.90 Å². The topological polar surface area (TPSA) is 45.2 Å². The summed E-state index contributed by atoms with van der Waals surface area (Å²) in [6.45, 7) is 13.1. The van der Waals surface area contributed by atoms with Crippen molar-refractivity contribution in [3.05, 3.63) is 54.1 Å². The highest BCUT2D eigenvalue weighted by atomic mass is 16.7. The van der Waals surface area contributed by atoms with Crippen molar-refractivity contribution in [3.63, 3.8) is 0 Å². The number of hydrogen-bond acceptors (Lipinski definition) is 5. The minimum atomic E-state index is -0.942. The molecule has 0 unspecified atom stereocenters. The van der Waals surface area contributed by atoms with Crippen molar-refractivity contribution in [2.24, 2.45) is 10.8 Å². The molecule has 1 aliphatic carbocycles. The van der Waals surface area contributed by atoms with E-state index in [1.165, 1.54) is 5.69 Å². The van der Waals surface area contributed by atoms with Gasteiger partial charge < -0.3 is 19.5 Å². The molecule has 0 atom stereocenters. The van der Waals surface area contributed by atoms with E-state index >= 15 is 0 Å². The second-order valence-electron chi connectivity index (χ2n) is 9.98. The highest BCUT2D eigenvalue weighted by Gasteiger charge is 2.73. The summed E-state index contributed by atoms with van der Waals surface area (Å²) in [7, 11) is 0. The van der Waals surface area contributed by atoms with Crippen molar-refractivity contribution >= 4 is 5.69 Å². The van der Waals surface area contributed by atoms with Gasteiger partial charge in [0.15, 0.2) is 11.5 Å². The number of aliphatic hydroxyl groups is 1. The largest absolute Gasteiger partial charge is 0.454 e. The van der Waals surface area contributed by atoms with E-state index in [1.54, 1.807) is 0 Å². The molecule has 5 heteroatoms. The van der Waals surface area contributed by atoms with E-state index in [0.717, 1.165) is 43.2 Å². The maximum atomic E-state index is 12.1. The van der Waals surface area contributed by atoms with E-state index in [9.17, 15) is 5.11 Å². The molecule has 0 aromatic heterocycles. The van der Waals surface area contributed by atoms with E-state index in [1.807, 2.05) is 18.2 Å². The lowest BCUT2D eigenvalue weighted by Crippen LogP contribution is -2.79. The minimum Gasteiger partial charge on any atom is -0.454 e. The third-order valence-corrected chi connectivity index (χ3v) is 7.82. The molecular weight excluding hydrogens is 376 g/mol. The molecule has 0 amide bonds. The molecular formula is C25H32N2O3. The van der Waals surface area contributed by atoms with Crippen molar-refractivity contribution in [2.75, 3.05) is 37.9 Å². The Bertz CT molecular complexity index is 917. The fourth-order valence-electron chi connectivity index (χ4n) is 6.71. The predicted octanol–water partition coefficient (Wildman–Crippen LogP) is 3.86. The summed E-state index contributed by atoms with van der Waals surface area (Å²) in [6.07, 6.45) is 0. The Labute approximate surface area is 179 Å². The Balaban J connectivity index is 1.38. The van der Waals surface area contributed by atoms with Crippen LogP contribution in [0.15, 0.2) is 48.5 Å². The summed E-state index contributed by atoms with van der Waals surface area (Å²) in [6, 6.07) is 16.8. The smallest absolute Gasteiger partial charge is 0.231 e. The monoisotopic (exact) mass is 408 g/mol. The van der Waals surface area contributed by atoms with Gasteiger partial charge in [-0.3, -0.25) is 4.90 Å². The normalized spacial score (nSPS) is 29.5. The molecule has 30 heavy (non-hydrogen) atoms. The van der Waals surface area contributed by atoms with Crippen LogP contribution >= 0.6 is 0 Å². The van der Waals surface area contributed by atoms with Gasteiger partial charge >= 0.3 is 0 Å². The summed E-state index contributed by atoms with van der Waals surface area (Å²) in [5.74, 6) is 1.48. The Morgan fingerprint density at radius 3 is 2.13 bits per heavy atom. The number of benzene rings is 2. The predicted molar refractivity (Wildman–Crippen MR) is 118 cm³/mol. The Morgan fingerprint density at radius 1 is 0.833 bits per heavy atom. The summed E-state index contributed by atoms with van der Waals surface area (Å²) >= 11 is 0. The van der Waals surface area contributed by atoms with Crippen LogP contribution in [-0.2, 0) is 5.60 Å². The molecule has 160 valence electrons. The lowest BCUT2D eigenvalue weighted by Gasteiger charge is -2.72. The van der Waals surface area contributed by atoms with Crippen molar-refractivity contribution < 1.29 is 14.6 Å². The molecule has 2 aromatic carbocycles. The maximum absolute atomic E-state index is 12.1. The summed E-state index contributed by atoms with van der Waals surface area (Å²) in [5, 5.41) is 12.1. The van der Waals surface area contributed by atoms with Gasteiger partial charge in [-0.25, -0.2) is 0 Å². The molecule has 0 bridgehead atoms. The average molecular weight is 409 g/mol. The van der Waals surface area contributed by atoms with Crippen LogP contribution in [0.5, 0.6) is 11.5 Å². The van der Waals surface area contributed by atoms with E-state index in [0.29, 0.717) is 6.04 Å². The standard InChI is InChI=1S/C25H32N2O3/c1-23(2)22(27-14-12-26(13-15-27)19-8-6-5-7-9-19)24(3,4)25(23,28)18-10-11-20-21(16-18)30-17-29-20/h5-11,16,22,28H,12-15,17H2,1-4H3. The van der Waals surface area contributed by atoms with Crippen LogP contribution in [0.3, 0.4) is 0 Å². The number of piperazine rings is 1. The molecule has 3 aliphatic rings. The molecule has 2 aromatic rings. The molecule has 0 spiro atoms. The van der Waals surface area contributed by atoms with Crippen LogP contribution in [0.25, 0.3) is 0 Å². The van der Waals surface area contributed by atoms with Crippen LogP contribution in [0.2, 0.25) is 0 Å². The quantitative estimate of drug-likeness (QED) is 0.836. The molecule has 2 aliphatic heterocycles. The van der Waals surface area contributed by atoms with Gasteiger partial charge in [-0.15, -0.1) is 0 Å². The third-order valence-electron chi connectivity index (χ3n) is 7.82. The van der Waals surface area contributed by atoms with Crippen LogP contribution in [0, 0.1) is 10.8 Å². The number of para-hydroxylation sites is 1. The molecule has 1 saturated heterocycles. The number of rotatable bonds is 3. The molecule has 2 heterocycles. The van der Waals surface area contributed by atoms with Crippen LogP contribution in [-0.4, -0.2) is 49.0 Å². The number of hydrogen-bond donors (Lipinski definition) is 1. The zero-order valence-electron chi connectivity index (χ0n) is 18.4. The van der Waals surface area contributed by atoms with Crippen molar-refractivity contribution in [3.8, 4) is 11.5 Å². The number of fused-ring (bicyclic) bond motifs is 1. The van der Waals surface area contributed by atoms with Gasteiger partial charge in [-0.1, -0.05) is 52.0 Å². The minimum absolute atomic E-state index is 0.248. The summed E-state index contributed by atoms with van der Waals surface area (Å²) in [4.78, 5) is 5.04. The van der Waals surface area contributed by atoms with E-state index in [-0.39, 0.29) is 17.6 Å². The average Bonchev–Trinajstić information content (AvgIpc) is 3.21. The van der Waals surface area contributed by atoms with Gasteiger partial charge in [0.05, 0.1) is 0 Å². The van der Waals surface area contributed by atoms with Gasteiger partial charge in [0.2, 0.25) is 6.79 Å². The highest BCUT2D eigenvalue weighted by molar-refractivity contribution is 5.49. The Kier molecular flexibility index (Phi) is 4.35. The maximum Gasteiger partial charge on any atom is 0.231 e. The second-order valence-corrected chi connectivity index (χ2v) is 9.98. The van der Waals surface area contributed by atoms with Crippen molar-refractivity contribution in [1.29, 1.82) is 0 Å². The lowest BCUT2D eigenvalue weighted by molar-refractivity contribution is -0.307. The van der Waals surface area contributed by atoms with Gasteiger partial charge in [-0.05, 0) is 29.8 Å². The van der Waals surface area contributed by atoms with Crippen LogP contribution < -0.4 is 14.4 Å². The molecule has 0 radical (unpaired) electrons. The zero-order chi connectivity index (χ0) is 21.1. The first-order valence-corrected chi connectivity index (χ1v) is 10.9. The third kappa shape index (κ3) is 2.55. The van der Waals surface area contributed by atoms with Gasteiger partial charge in [0.25, 0.3) is 0 Å². The van der Waals surface area contributed by atoms with Gasteiger partial charge in [0, 0.05) is 48.7 Å². The van der Waals surface area contributed by atoms with E-state index in [2.05, 4.69) is 67.8 Å². The zero-order valence-corrected chi connectivity index (χ0v) is 18.4. The first kappa shape index (κ1) is 19.7. The fraction of sp³-hybridized carbons (Fsp3) is 0.520. The molecule has 2 fully saturated rings. The van der Waals surface area contributed by atoms with E-state index in [4.69, 9.17) is 9.47 Å². The Morgan fingerprint density at radius 2 is 1.47 bits per heavy atom. The molecule has 1 N–H and O–H groups in total. The SMILES string of the molecule is CC1(C)C(N2CCN(c3ccccc3)CC2)C(C)(C)C1(O)c1ccc2c(c1)OCO2. The van der Waals surface area contributed by atoms with Crippen molar-refractivity contribution in [2.45, 2.75) is 39.3 Å². The van der Waals surface area contributed by atoms with Gasteiger partial charge in [0.1, 0.15) is 5.60 Å². The fourth-order valence-corrected chi connectivity index (χ4v) is 6.71. The van der Waals surface area contributed by atoms with Gasteiger partial charge in [-0.2, -0.15) is 0 Å². The van der Waals surface area contributed by atoms with E-state index < -0.39 is 5.60 Å². The summed E-state index contributed by atoms with van der Waals surface area (Å²) in [5.41, 5.74) is 0.683. The Hall–Kier alpha value is -2.24. The first-order valence-electron chi connectivity index (χ1n) is 10.9. The molecule has 1 saturated carbocycles. The number of ether oxygens (including phenoxy) is 2. The number of anilines is 1. The number of nitrogens with zero attached hydrogens (tertiary/aromatic N) is 2. The van der Waals surface area contributed by atoms with Crippen LogP contribution in [0.1, 0.15) is 33.3 Å². The lowest BCUT2D eigenvalue weighted by atomic mass is 9.39. The highest BCUT2D eigenvalue weighted by Crippen LogP contribution is 2.68. The molecule has 5 rings (SSSR count).